The minimum Gasteiger partial charge on any atom is -0.377 e. The molecule has 1 heterocycles. The SMILES string of the molecule is C[C@@H](CCOCc1cccnc1)C(N)=O. The molecule has 0 unspecified atom stereocenters. The smallest absolute Gasteiger partial charge is 0.220 e. The van der Waals surface area contributed by atoms with Crippen LogP contribution in [0.4, 0.5) is 0 Å². The van der Waals surface area contributed by atoms with Gasteiger partial charge in [-0.1, -0.05) is 13.0 Å². The highest BCUT2D eigenvalue weighted by molar-refractivity contribution is 5.76. The first-order valence-corrected chi connectivity index (χ1v) is 4.96. The van der Waals surface area contributed by atoms with E-state index >= 15 is 0 Å². The van der Waals surface area contributed by atoms with Gasteiger partial charge in [0.25, 0.3) is 0 Å². The highest BCUT2D eigenvalue weighted by Crippen LogP contribution is 2.03. The molecule has 0 saturated heterocycles. The van der Waals surface area contributed by atoms with Crippen LogP contribution in [0.3, 0.4) is 0 Å². The summed E-state index contributed by atoms with van der Waals surface area (Å²) in [6.07, 6.45) is 4.14. The molecule has 2 N–H and O–H groups in total. The lowest BCUT2D eigenvalue weighted by Crippen LogP contribution is -2.21. The minimum absolute atomic E-state index is 0.126. The summed E-state index contributed by atoms with van der Waals surface area (Å²) in [5, 5.41) is 0. The number of hydrogen-bond acceptors (Lipinski definition) is 3. The van der Waals surface area contributed by atoms with Gasteiger partial charge >= 0.3 is 0 Å². The van der Waals surface area contributed by atoms with Crippen LogP contribution in [0.2, 0.25) is 0 Å². The third kappa shape index (κ3) is 4.56. The number of pyridine rings is 1. The summed E-state index contributed by atoms with van der Waals surface area (Å²) in [4.78, 5) is 14.7. The number of rotatable bonds is 6. The molecular formula is C11H16N2O2. The summed E-state index contributed by atoms with van der Waals surface area (Å²) >= 11 is 0. The standard InChI is InChI=1S/C11H16N2O2/c1-9(11(12)14)4-6-15-8-10-3-2-5-13-7-10/h2-3,5,7,9H,4,6,8H2,1H3,(H2,12,14)/t9-/m0/s1. The van der Waals surface area contributed by atoms with E-state index in [4.69, 9.17) is 10.5 Å². The highest BCUT2D eigenvalue weighted by atomic mass is 16.5. The normalized spacial score (nSPS) is 12.3. The van der Waals surface area contributed by atoms with Crippen molar-refractivity contribution in [2.24, 2.45) is 11.7 Å². The third-order valence-corrected chi connectivity index (χ3v) is 2.17. The molecular weight excluding hydrogens is 192 g/mol. The number of amides is 1. The Labute approximate surface area is 89.5 Å². The number of aromatic nitrogens is 1. The highest BCUT2D eigenvalue weighted by Gasteiger charge is 2.07. The molecule has 15 heavy (non-hydrogen) atoms. The lowest BCUT2D eigenvalue weighted by Gasteiger charge is -2.07. The van der Waals surface area contributed by atoms with Crippen molar-refractivity contribution < 1.29 is 9.53 Å². The molecule has 0 fully saturated rings. The predicted molar refractivity (Wildman–Crippen MR) is 56.9 cm³/mol. The molecule has 1 rings (SSSR count). The van der Waals surface area contributed by atoms with Crippen molar-refractivity contribution >= 4 is 5.91 Å². The van der Waals surface area contributed by atoms with Gasteiger partial charge < -0.3 is 10.5 Å². The van der Waals surface area contributed by atoms with Crippen molar-refractivity contribution in [1.82, 2.24) is 4.98 Å². The molecule has 0 aliphatic rings. The predicted octanol–water partition coefficient (Wildman–Crippen LogP) is 1.11. The molecule has 1 amide bonds. The van der Waals surface area contributed by atoms with E-state index in [9.17, 15) is 4.79 Å². The summed E-state index contributed by atoms with van der Waals surface area (Å²) in [5.74, 6) is -0.404. The monoisotopic (exact) mass is 208 g/mol. The molecule has 0 bridgehead atoms. The molecule has 82 valence electrons. The maximum atomic E-state index is 10.7. The van der Waals surface area contributed by atoms with Crippen molar-refractivity contribution in [1.29, 1.82) is 0 Å². The van der Waals surface area contributed by atoms with Gasteiger partial charge in [-0.05, 0) is 18.1 Å². The summed E-state index contributed by atoms with van der Waals surface area (Å²) in [6, 6.07) is 3.81. The Morgan fingerprint density at radius 2 is 2.47 bits per heavy atom. The molecule has 0 aromatic carbocycles. The van der Waals surface area contributed by atoms with Crippen LogP contribution in [0.25, 0.3) is 0 Å². The Bertz CT molecular complexity index is 301. The van der Waals surface area contributed by atoms with Crippen molar-refractivity contribution in [3.05, 3.63) is 30.1 Å². The number of carbonyl (C=O) groups excluding carboxylic acids is 1. The van der Waals surface area contributed by atoms with Crippen LogP contribution < -0.4 is 5.73 Å². The van der Waals surface area contributed by atoms with Gasteiger partial charge in [0.05, 0.1) is 6.61 Å². The zero-order chi connectivity index (χ0) is 11.1. The van der Waals surface area contributed by atoms with Crippen LogP contribution in [0.15, 0.2) is 24.5 Å². The first-order valence-electron chi connectivity index (χ1n) is 4.96. The maximum Gasteiger partial charge on any atom is 0.220 e. The Hall–Kier alpha value is -1.42. The second-order valence-electron chi connectivity index (χ2n) is 3.51. The average molecular weight is 208 g/mol. The first kappa shape index (κ1) is 11.7. The van der Waals surface area contributed by atoms with Crippen LogP contribution in [0, 0.1) is 5.92 Å². The molecule has 1 aromatic rings. The minimum atomic E-state index is -0.278. The number of carbonyl (C=O) groups is 1. The molecule has 0 aliphatic carbocycles. The molecule has 0 spiro atoms. The van der Waals surface area contributed by atoms with Gasteiger partial charge in [0.1, 0.15) is 0 Å². The summed E-state index contributed by atoms with van der Waals surface area (Å²) in [6.45, 7) is 2.87. The molecule has 0 saturated carbocycles. The van der Waals surface area contributed by atoms with Crippen molar-refractivity contribution in [2.75, 3.05) is 6.61 Å². The van der Waals surface area contributed by atoms with Crippen LogP contribution >= 0.6 is 0 Å². The number of ether oxygens (including phenoxy) is 1. The molecule has 4 heteroatoms. The second kappa shape index (κ2) is 6.14. The summed E-state index contributed by atoms with van der Waals surface area (Å²) in [5.41, 5.74) is 6.16. The van der Waals surface area contributed by atoms with E-state index in [1.54, 1.807) is 19.3 Å². The first-order chi connectivity index (χ1) is 7.20. The Kier molecular flexibility index (Phi) is 4.77. The molecule has 4 nitrogen and oxygen atoms in total. The van der Waals surface area contributed by atoms with E-state index in [-0.39, 0.29) is 11.8 Å². The largest absolute Gasteiger partial charge is 0.377 e. The van der Waals surface area contributed by atoms with Crippen LogP contribution in [0.5, 0.6) is 0 Å². The van der Waals surface area contributed by atoms with Gasteiger partial charge in [0.15, 0.2) is 0 Å². The lowest BCUT2D eigenvalue weighted by molar-refractivity contribution is -0.121. The lowest BCUT2D eigenvalue weighted by atomic mass is 10.1. The van der Waals surface area contributed by atoms with E-state index < -0.39 is 0 Å². The van der Waals surface area contributed by atoms with Crippen molar-refractivity contribution in [2.45, 2.75) is 20.0 Å². The molecule has 1 aromatic heterocycles. The Balaban J connectivity index is 2.15. The van der Waals surface area contributed by atoms with Crippen molar-refractivity contribution in [3.8, 4) is 0 Å². The van der Waals surface area contributed by atoms with Gasteiger partial charge in [-0.3, -0.25) is 9.78 Å². The van der Waals surface area contributed by atoms with E-state index in [2.05, 4.69) is 4.98 Å². The van der Waals surface area contributed by atoms with Gasteiger partial charge in [-0.15, -0.1) is 0 Å². The fourth-order valence-corrected chi connectivity index (χ4v) is 1.08. The summed E-state index contributed by atoms with van der Waals surface area (Å²) in [7, 11) is 0. The zero-order valence-electron chi connectivity index (χ0n) is 8.85. The molecule has 0 aliphatic heterocycles. The average Bonchev–Trinajstić information content (AvgIpc) is 2.25. The Morgan fingerprint density at radius 1 is 1.67 bits per heavy atom. The number of nitrogens with zero attached hydrogens (tertiary/aromatic N) is 1. The van der Waals surface area contributed by atoms with E-state index in [0.717, 1.165) is 5.56 Å². The number of primary amides is 1. The number of nitrogens with two attached hydrogens (primary N) is 1. The van der Waals surface area contributed by atoms with Crippen LogP contribution in [-0.4, -0.2) is 17.5 Å². The van der Waals surface area contributed by atoms with E-state index in [1.807, 2.05) is 12.1 Å². The van der Waals surface area contributed by atoms with Crippen LogP contribution in [0.1, 0.15) is 18.9 Å². The molecule has 0 radical (unpaired) electrons. The van der Waals surface area contributed by atoms with Gasteiger partial charge in [0, 0.05) is 24.9 Å². The quantitative estimate of drug-likeness (QED) is 0.712. The molecule has 1 atom stereocenters. The van der Waals surface area contributed by atoms with Gasteiger partial charge in [-0.2, -0.15) is 0 Å². The van der Waals surface area contributed by atoms with E-state index in [1.165, 1.54) is 0 Å². The van der Waals surface area contributed by atoms with Gasteiger partial charge in [0.2, 0.25) is 5.91 Å². The van der Waals surface area contributed by atoms with E-state index in [0.29, 0.717) is 19.6 Å². The number of hydrogen-bond donors (Lipinski definition) is 1. The fourth-order valence-electron chi connectivity index (χ4n) is 1.08. The Morgan fingerprint density at radius 3 is 3.07 bits per heavy atom. The topological polar surface area (TPSA) is 65.2 Å². The maximum absolute atomic E-state index is 10.7. The van der Waals surface area contributed by atoms with Crippen LogP contribution in [-0.2, 0) is 16.1 Å². The van der Waals surface area contributed by atoms with Crippen molar-refractivity contribution in [3.63, 3.8) is 0 Å². The second-order valence-corrected chi connectivity index (χ2v) is 3.51. The van der Waals surface area contributed by atoms with Gasteiger partial charge in [-0.25, -0.2) is 0 Å². The third-order valence-electron chi connectivity index (χ3n) is 2.17. The zero-order valence-corrected chi connectivity index (χ0v) is 8.85. The summed E-state index contributed by atoms with van der Waals surface area (Å²) < 4.78 is 5.39. The fraction of sp³-hybridized carbons (Fsp3) is 0.455.